The second-order valence-electron chi connectivity index (χ2n) is 2.66. The highest BCUT2D eigenvalue weighted by molar-refractivity contribution is 5.99. The van der Waals surface area contributed by atoms with E-state index >= 15 is 0 Å². The summed E-state index contributed by atoms with van der Waals surface area (Å²) in [5, 5.41) is 9.19. The number of carbonyl (C=O) groups excluding carboxylic acids is 1. The molecule has 0 radical (unpaired) electrons. The molecule has 0 fully saturated rings. The molecular weight excluding hydrogens is 128 g/mol. The molecule has 0 saturated carbocycles. The van der Waals surface area contributed by atoms with Crippen molar-refractivity contribution in [1.29, 1.82) is 0 Å². The summed E-state index contributed by atoms with van der Waals surface area (Å²) in [6, 6.07) is 0. The van der Waals surface area contributed by atoms with Crippen LogP contribution in [0.25, 0.3) is 0 Å². The molecule has 0 aliphatic heterocycles. The lowest BCUT2D eigenvalue weighted by atomic mass is 10.1. The minimum atomic E-state index is -0.498. The Morgan fingerprint density at radius 2 is 2.30 bits per heavy atom. The van der Waals surface area contributed by atoms with Crippen molar-refractivity contribution < 1.29 is 9.90 Å². The van der Waals surface area contributed by atoms with Gasteiger partial charge >= 0.3 is 0 Å². The zero-order valence-electron chi connectivity index (χ0n) is 6.35. The number of ketones is 1. The molecule has 1 aliphatic carbocycles. The Morgan fingerprint density at radius 1 is 1.70 bits per heavy atom. The van der Waals surface area contributed by atoms with Gasteiger partial charge in [0.2, 0.25) is 0 Å². The molecule has 1 aliphatic rings. The lowest BCUT2D eigenvalue weighted by Crippen LogP contribution is -2.03. The largest absolute Gasteiger partial charge is 0.388 e. The van der Waals surface area contributed by atoms with Crippen LogP contribution in [0.15, 0.2) is 11.1 Å². The van der Waals surface area contributed by atoms with Crippen LogP contribution in [0.2, 0.25) is 0 Å². The molecule has 56 valence electrons. The van der Waals surface area contributed by atoms with Crippen molar-refractivity contribution in [2.24, 2.45) is 0 Å². The van der Waals surface area contributed by atoms with Crippen LogP contribution in [0.5, 0.6) is 0 Å². The summed E-state index contributed by atoms with van der Waals surface area (Å²) in [4.78, 5) is 11.0. The highest BCUT2D eigenvalue weighted by Crippen LogP contribution is 2.24. The van der Waals surface area contributed by atoms with Crippen molar-refractivity contribution in [3.8, 4) is 0 Å². The molecule has 0 amide bonds. The van der Waals surface area contributed by atoms with Crippen molar-refractivity contribution in [3.05, 3.63) is 11.1 Å². The van der Waals surface area contributed by atoms with Crippen LogP contribution in [-0.4, -0.2) is 17.0 Å². The SMILES string of the molecule is CCC1=C(C)[C@@H](O)CC1=O. The summed E-state index contributed by atoms with van der Waals surface area (Å²) < 4.78 is 0. The first kappa shape index (κ1) is 7.48. The Labute approximate surface area is 60.6 Å². The van der Waals surface area contributed by atoms with Gasteiger partial charge in [-0.2, -0.15) is 0 Å². The van der Waals surface area contributed by atoms with E-state index in [0.29, 0.717) is 6.42 Å². The number of aliphatic hydroxyl groups excluding tert-OH is 1. The monoisotopic (exact) mass is 140 g/mol. The van der Waals surface area contributed by atoms with E-state index in [4.69, 9.17) is 0 Å². The minimum Gasteiger partial charge on any atom is -0.388 e. The number of allylic oxidation sites excluding steroid dienone is 1. The first-order valence-corrected chi connectivity index (χ1v) is 3.57. The topological polar surface area (TPSA) is 37.3 Å². The maximum Gasteiger partial charge on any atom is 0.161 e. The summed E-state index contributed by atoms with van der Waals surface area (Å²) in [5.74, 6) is 0.118. The van der Waals surface area contributed by atoms with Crippen LogP contribution >= 0.6 is 0 Å². The van der Waals surface area contributed by atoms with E-state index < -0.39 is 6.10 Å². The zero-order valence-corrected chi connectivity index (χ0v) is 6.35. The molecule has 2 heteroatoms. The molecule has 1 atom stereocenters. The van der Waals surface area contributed by atoms with Crippen LogP contribution in [0.1, 0.15) is 26.7 Å². The van der Waals surface area contributed by atoms with Crippen LogP contribution in [0.3, 0.4) is 0 Å². The quantitative estimate of drug-likeness (QED) is 0.591. The Kier molecular flexibility index (Phi) is 1.90. The Hall–Kier alpha value is -0.630. The van der Waals surface area contributed by atoms with Gasteiger partial charge in [0.15, 0.2) is 5.78 Å². The molecular formula is C8H12O2. The zero-order chi connectivity index (χ0) is 7.72. The van der Waals surface area contributed by atoms with Gasteiger partial charge in [0.05, 0.1) is 6.10 Å². The van der Waals surface area contributed by atoms with E-state index in [1.165, 1.54) is 0 Å². The molecule has 10 heavy (non-hydrogen) atoms. The van der Waals surface area contributed by atoms with Gasteiger partial charge in [-0.05, 0) is 24.5 Å². The van der Waals surface area contributed by atoms with E-state index in [1.807, 2.05) is 13.8 Å². The average molecular weight is 140 g/mol. The van der Waals surface area contributed by atoms with Crippen molar-refractivity contribution in [1.82, 2.24) is 0 Å². The predicted octanol–water partition coefficient (Wildman–Crippen LogP) is 1.05. The molecule has 0 aromatic heterocycles. The van der Waals surface area contributed by atoms with E-state index in [0.717, 1.165) is 17.6 Å². The molecule has 0 unspecified atom stereocenters. The van der Waals surface area contributed by atoms with Crippen LogP contribution in [0.4, 0.5) is 0 Å². The molecule has 1 N–H and O–H groups in total. The van der Waals surface area contributed by atoms with Crippen molar-refractivity contribution in [3.63, 3.8) is 0 Å². The number of rotatable bonds is 1. The summed E-state index contributed by atoms with van der Waals surface area (Å²) in [5.41, 5.74) is 1.69. The molecule has 0 saturated heterocycles. The van der Waals surface area contributed by atoms with E-state index in [2.05, 4.69) is 0 Å². The second-order valence-corrected chi connectivity index (χ2v) is 2.66. The number of carbonyl (C=O) groups is 1. The smallest absolute Gasteiger partial charge is 0.161 e. The fourth-order valence-electron chi connectivity index (χ4n) is 1.35. The molecule has 1 rings (SSSR count). The van der Waals surface area contributed by atoms with Crippen LogP contribution in [0, 0.1) is 0 Å². The van der Waals surface area contributed by atoms with Gasteiger partial charge in [0, 0.05) is 6.42 Å². The van der Waals surface area contributed by atoms with Gasteiger partial charge < -0.3 is 5.11 Å². The van der Waals surface area contributed by atoms with Gasteiger partial charge in [0.1, 0.15) is 0 Å². The maximum atomic E-state index is 11.0. The highest BCUT2D eigenvalue weighted by Gasteiger charge is 2.25. The second kappa shape index (κ2) is 2.54. The number of aliphatic hydroxyl groups is 1. The minimum absolute atomic E-state index is 0.118. The normalized spacial score (nSPS) is 26.3. The predicted molar refractivity (Wildman–Crippen MR) is 38.6 cm³/mol. The molecule has 0 heterocycles. The first-order valence-electron chi connectivity index (χ1n) is 3.57. The number of hydrogen-bond donors (Lipinski definition) is 1. The standard InChI is InChI=1S/C8H12O2/c1-3-6-5(2)7(9)4-8(6)10/h7,9H,3-4H2,1-2H3/t7-/m0/s1. The summed E-state index contributed by atoms with van der Waals surface area (Å²) in [7, 11) is 0. The van der Waals surface area contributed by atoms with Gasteiger partial charge in [-0.25, -0.2) is 0 Å². The lowest BCUT2D eigenvalue weighted by Gasteiger charge is -1.99. The molecule has 0 spiro atoms. The Balaban J connectivity index is 2.90. The summed E-state index contributed by atoms with van der Waals surface area (Å²) in [6.45, 7) is 3.77. The van der Waals surface area contributed by atoms with Crippen LogP contribution in [-0.2, 0) is 4.79 Å². The Morgan fingerprint density at radius 3 is 2.50 bits per heavy atom. The molecule has 0 bridgehead atoms. The van der Waals surface area contributed by atoms with E-state index in [1.54, 1.807) is 0 Å². The van der Waals surface area contributed by atoms with Crippen molar-refractivity contribution in [2.75, 3.05) is 0 Å². The number of hydrogen-bond acceptors (Lipinski definition) is 2. The highest BCUT2D eigenvalue weighted by atomic mass is 16.3. The lowest BCUT2D eigenvalue weighted by molar-refractivity contribution is -0.115. The molecule has 0 aromatic carbocycles. The van der Waals surface area contributed by atoms with E-state index in [9.17, 15) is 9.90 Å². The third kappa shape index (κ3) is 0.991. The maximum absolute atomic E-state index is 11.0. The van der Waals surface area contributed by atoms with Crippen molar-refractivity contribution in [2.45, 2.75) is 32.8 Å². The van der Waals surface area contributed by atoms with Gasteiger partial charge in [-0.3, -0.25) is 4.79 Å². The summed E-state index contributed by atoms with van der Waals surface area (Å²) >= 11 is 0. The van der Waals surface area contributed by atoms with E-state index in [-0.39, 0.29) is 5.78 Å². The van der Waals surface area contributed by atoms with Gasteiger partial charge in [-0.15, -0.1) is 0 Å². The fraction of sp³-hybridized carbons (Fsp3) is 0.625. The van der Waals surface area contributed by atoms with Crippen LogP contribution < -0.4 is 0 Å². The molecule has 0 aromatic rings. The van der Waals surface area contributed by atoms with Gasteiger partial charge in [-0.1, -0.05) is 6.92 Å². The number of Topliss-reactive ketones (excluding diaryl/α,β-unsaturated/α-hetero) is 1. The van der Waals surface area contributed by atoms with Gasteiger partial charge in [0.25, 0.3) is 0 Å². The average Bonchev–Trinajstić information content (AvgIpc) is 2.09. The first-order chi connectivity index (χ1) is 4.66. The third-order valence-electron chi connectivity index (χ3n) is 2.04. The fourth-order valence-corrected chi connectivity index (χ4v) is 1.35. The molecule has 2 nitrogen and oxygen atoms in total. The Bertz CT molecular complexity index is 191. The third-order valence-corrected chi connectivity index (χ3v) is 2.04. The van der Waals surface area contributed by atoms with Crippen molar-refractivity contribution >= 4 is 5.78 Å². The summed E-state index contributed by atoms with van der Waals surface area (Å²) in [6.07, 6.45) is 0.555.